The molecule has 0 bridgehead atoms. The third kappa shape index (κ3) is 3.90. The van der Waals surface area contributed by atoms with Crippen LogP contribution in [0.1, 0.15) is 19.4 Å². The lowest BCUT2D eigenvalue weighted by Gasteiger charge is -2.24. The Morgan fingerprint density at radius 1 is 0.821 bits per heavy atom. The highest BCUT2D eigenvalue weighted by Crippen LogP contribution is 2.34. The number of benzene rings is 3. The van der Waals surface area contributed by atoms with Gasteiger partial charge in [-0.15, -0.1) is 0 Å². The van der Waals surface area contributed by atoms with Crippen LogP contribution >= 0.6 is 0 Å². The lowest BCUT2D eigenvalue weighted by atomic mass is 10.0. The number of nitrogens with zero attached hydrogens (tertiary/aromatic N) is 1. The molecule has 3 aromatic carbocycles. The van der Waals surface area contributed by atoms with Gasteiger partial charge >= 0.3 is 0 Å². The minimum atomic E-state index is -3.66. The summed E-state index contributed by atoms with van der Waals surface area (Å²) in [7, 11) is -3.66. The van der Waals surface area contributed by atoms with Gasteiger partial charge in [-0.05, 0) is 68.3 Å². The van der Waals surface area contributed by atoms with E-state index in [2.05, 4.69) is 4.90 Å². The van der Waals surface area contributed by atoms with E-state index >= 15 is 0 Å². The second-order valence-corrected chi connectivity index (χ2v) is 8.71. The second kappa shape index (κ2) is 8.07. The molecule has 3 rings (SSSR count). The van der Waals surface area contributed by atoms with Crippen molar-refractivity contribution in [2.75, 3.05) is 23.7 Å². The molecular formula is C23H26N2O2S. The summed E-state index contributed by atoms with van der Waals surface area (Å²) in [6.07, 6.45) is 0. The molecule has 5 heteroatoms. The van der Waals surface area contributed by atoms with E-state index in [0.717, 1.165) is 35.5 Å². The second-order valence-electron chi connectivity index (χ2n) is 6.79. The Bertz CT molecular complexity index is 1050. The van der Waals surface area contributed by atoms with Crippen LogP contribution < -0.4 is 10.6 Å². The largest absolute Gasteiger partial charge is 0.399 e. The van der Waals surface area contributed by atoms with Crippen molar-refractivity contribution in [3.8, 4) is 11.1 Å². The maximum Gasteiger partial charge on any atom is 0.208 e. The smallest absolute Gasteiger partial charge is 0.208 e. The average molecular weight is 395 g/mol. The molecule has 0 aliphatic carbocycles. The van der Waals surface area contributed by atoms with Crippen molar-refractivity contribution >= 4 is 21.2 Å². The standard InChI is InChI=1S/C23H26N2O2S/c1-4-25(5-2)22-15-10-19(18-8-11-20(24)12-9-18)16-23(22)28(26,27)21-13-6-17(3)7-14-21/h6-16H,4-5,24H2,1-3H3. The zero-order valence-corrected chi connectivity index (χ0v) is 17.3. The number of nitrogens with two attached hydrogens (primary N) is 1. The van der Waals surface area contributed by atoms with E-state index in [4.69, 9.17) is 5.73 Å². The van der Waals surface area contributed by atoms with E-state index in [1.54, 1.807) is 18.2 Å². The summed E-state index contributed by atoms with van der Waals surface area (Å²) < 4.78 is 27.0. The van der Waals surface area contributed by atoms with Gasteiger partial charge in [0.1, 0.15) is 0 Å². The Labute approximate surface area is 167 Å². The Morgan fingerprint density at radius 2 is 1.39 bits per heavy atom. The van der Waals surface area contributed by atoms with Crippen LogP contribution in [0.2, 0.25) is 0 Å². The van der Waals surface area contributed by atoms with Crippen LogP contribution in [0.3, 0.4) is 0 Å². The van der Waals surface area contributed by atoms with Crippen LogP contribution in [0.4, 0.5) is 11.4 Å². The average Bonchev–Trinajstić information content (AvgIpc) is 2.70. The minimum Gasteiger partial charge on any atom is -0.399 e. The first kappa shape index (κ1) is 20.0. The lowest BCUT2D eigenvalue weighted by molar-refractivity contribution is 0.595. The third-order valence-electron chi connectivity index (χ3n) is 4.93. The summed E-state index contributed by atoms with van der Waals surface area (Å²) in [5.74, 6) is 0. The monoisotopic (exact) mass is 394 g/mol. The van der Waals surface area contributed by atoms with Gasteiger partial charge in [0.25, 0.3) is 0 Å². The summed E-state index contributed by atoms with van der Waals surface area (Å²) in [6, 6.07) is 20.1. The van der Waals surface area contributed by atoms with Gasteiger partial charge in [-0.1, -0.05) is 35.9 Å². The first-order chi connectivity index (χ1) is 13.4. The van der Waals surface area contributed by atoms with E-state index in [9.17, 15) is 8.42 Å². The molecule has 0 aliphatic heterocycles. The van der Waals surface area contributed by atoms with Crippen LogP contribution in [0.15, 0.2) is 76.5 Å². The van der Waals surface area contributed by atoms with E-state index in [1.165, 1.54) is 0 Å². The van der Waals surface area contributed by atoms with Gasteiger partial charge in [0, 0.05) is 18.8 Å². The molecule has 0 aliphatic rings. The molecule has 0 heterocycles. The Balaban J connectivity index is 2.21. The Hall–Kier alpha value is -2.79. The molecule has 0 aromatic heterocycles. The fourth-order valence-electron chi connectivity index (χ4n) is 3.25. The van der Waals surface area contributed by atoms with Crippen molar-refractivity contribution in [3.05, 3.63) is 72.3 Å². The summed E-state index contributed by atoms with van der Waals surface area (Å²) in [5, 5.41) is 0. The lowest BCUT2D eigenvalue weighted by Crippen LogP contribution is -2.24. The van der Waals surface area contributed by atoms with Crippen LogP contribution in [-0.4, -0.2) is 21.5 Å². The van der Waals surface area contributed by atoms with Crippen LogP contribution in [0, 0.1) is 6.92 Å². The van der Waals surface area contributed by atoms with Crippen LogP contribution in [-0.2, 0) is 9.84 Å². The highest BCUT2D eigenvalue weighted by Gasteiger charge is 2.24. The van der Waals surface area contributed by atoms with Crippen molar-refractivity contribution < 1.29 is 8.42 Å². The van der Waals surface area contributed by atoms with Crippen molar-refractivity contribution in [1.82, 2.24) is 0 Å². The van der Waals surface area contributed by atoms with Gasteiger partial charge in [0.2, 0.25) is 9.84 Å². The molecule has 0 radical (unpaired) electrons. The number of hydrogen-bond acceptors (Lipinski definition) is 4. The highest BCUT2D eigenvalue weighted by molar-refractivity contribution is 7.91. The molecule has 0 saturated carbocycles. The number of sulfone groups is 1. The normalized spacial score (nSPS) is 11.4. The Morgan fingerprint density at radius 3 is 1.96 bits per heavy atom. The summed E-state index contributed by atoms with van der Waals surface area (Å²) in [4.78, 5) is 2.70. The van der Waals surface area contributed by atoms with Crippen molar-refractivity contribution in [1.29, 1.82) is 0 Å². The molecule has 0 fully saturated rings. The predicted molar refractivity (Wildman–Crippen MR) is 116 cm³/mol. The fraction of sp³-hybridized carbons (Fsp3) is 0.217. The fourth-order valence-corrected chi connectivity index (χ4v) is 4.76. The first-order valence-corrected chi connectivity index (χ1v) is 10.9. The molecule has 0 atom stereocenters. The Kier molecular flexibility index (Phi) is 5.75. The number of aryl methyl sites for hydroxylation is 1. The molecule has 146 valence electrons. The maximum absolute atomic E-state index is 13.5. The summed E-state index contributed by atoms with van der Waals surface area (Å²) in [5.41, 5.74) is 10.00. The summed E-state index contributed by atoms with van der Waals surface area (Å²) >= 11 is 0. The molecule has 0 unspecified atom stereocenters. The molecule has 0 amide bonds. The number of anilines is 2. The van der Waals surface area contributed by atoms with Gasteiger partial charge in [-0.3, -0.25) is 0 Å². The predicted octanol–water partition coefficient (Wildman–Crippen LogP) is 4.92. The van der Waals surface area contributed by atoms with E-state index in [1.807, 2.05) is 69.3 Å². The summed E-state index contributed by atoms with van der Waals surface area (Å²) in [6.45, 7) is 7.46. The van der Waals surface area contributed by atoms with Gasteiger partial charge < -0.3 is 10.6 Å². The van der Waals surface area contributed by atoms with Gasteiger partial charge in [-0.25, -0.2) is 8.42 Å². The molecule has 0 spiro atoms. The van der Waals surface area contributed by atoms with Crippen LogP contribution in [0.5, 0.6) is 0 Å². The number of rotatable bonds is 6. The number of hydrogen-bond donors (Lipinski definition) is 1. The SMILES string of the molecule is CCN(CC)c1ccc(-c2ccc(N)cc2)cc1S(=O)(=O)c1ccc(C)cc1. The van der Waals surface area contributed by atoms with E-state index in [-0.39, 0.29) is 0 Å². The van der Waals surface area contributed by atoms with Gasteiger partial charge in [0.05, 0.1) is 15.5 Å². The van der Waals surface area contributed by atoms with E-state index < -0.39 is 9.84 Å². The third-order valence-corrected chi connectivity index (χ3v) is 6.73. The zero-order chi connectivity index (χ0) is 20.3. The topological polar surface area (TPSA) is 63.4 Å². The van der Waals surface area contributed by atoms with Gasteiger partial charge in [-0.2, -0.15) is 0 Å². The molecule has 2 N–H and O–H groups in total. The van der Waals surface area contributed by atoms with Gasteiger partial charge in [0.15, 0.2) is 0 Å². The van der Waals surface area contributed by atoms with E-state index in [0.29, 0.717) is 15.5 Å². The first-order valence-electron chi connectivity index (χ1n) is 9.43. The number of nitrogen functional groups attached to an aromatic ring is 1. The molecule has 0 saturated heterocycles. The molecule has 4 nitrogen and oxygen atoms in total. The van der Waals surface area contributed by atoms with Crippen molar-refractivity contribution in [2.24, 2.45) is 0 Å². The van der Waals surface area contributed by atoms with Crippen LogP contribution in [0.25, 0.3) is 11.1 Å². The quantitative estimate of drug-likeness (QED) is 0.603. The highest BCUT2D eigenvalue weighted by atomic mass is 32.2. The maximum atomic E-state index is 13.5. The molecule has 3 aromatic rings. The molecular weight excluding hydrogens is 368 g/mol. The van der Waals surface area contributed by atoms with Crippen molar-refractivity contribution in [2.45, 2.75) is 30.6 Å². The zero-order valence-electron chi connectivity index (χ0n) is 16.5. The van der Waals surface area contributed by atoms with Crippen molar-refractivity contribution in [3.63, 3.8) is 0 Å². The molecule has 28 heavy (non-hydrogen) atoms. The minimum absolute atomic E-state index is 0.306.